The molecule has 1 aromatic carbocycles. The third kappa shape index (κ3) is 5.30. The number of benzene rings is 1. The van der Waals surface area contributed by atoms with Crippen molar-refractivity contribution in [1.29, 1.82) is 0 Å². The minimum Gasteiger partial charge on any atom is -0.341 e. The van der Waals surface area contributed by atoms with Crippen molar-refractivity contribution < 1.29 is 4.79 Å². The first-order valence-electron chi connectivity index (χ1n) is 8.98. The van der Waals surface area contributed by atoms with Gasteiger partial charge in [0.2, 0.25) is 5.91 Å². The number of nitrogens with zero attached hydrogens (tertiary/aromatic N) is 4. The van der Waals surface area contributed by atoms with Crippen molar-refractivity contribution in [3.8, 4) is 10.7 Å². The lowest BCUT2D eigenvalue weighted by molar-refractivity contribution is -0.129. The lowest BCUT2D eigenvalue weighted by atomic mass is 9.89. The first kappa shape index (κ1) is 23.2. The molecule has 0 unspecified atom stereocenters. The summed E-state index contributed by atoms with van der Waals surface area (Å²) in [6.45, 7) is 2.00. The lowest BCUT2D eigenvalue weighted by Gasteiger charge is -2.16. The van der Waals surface area contributed by atoms with Gasteiger partial charge in [0.25, 0.3) is 0 Å². The van der Waals surface area contributed by atoms with Crippen molar-refractivity contribution in [2.75, 3.05) is 19.6 Å². The van der Waals surface area contributed by atoms with Gasteiger partial charge in [0, 0.05) is 36.8 Å². The highest BCUT2D eigenvalue weighted by Gasteiger charge is 2.35. The summed E-state index contributed by atoms with van der Waals surface area (Å²) >= 11 is 1.49. The van der Waals surface area contributed by atoms with Gasteiger partial charge in [-0.05, 0) is 18.0 Å². The molecule has 0 spiro atoms. The Balaban J connectivity index is 0.00000150. The number of nitrogens with two attached hydrogens (primary N) is 1. The number of rotatable bonds is 5. The van der Waals surface area contributed by atoms with Crippen LogP contribution in [-0.2, 0) is 11.2 Å². The van der Waals surface area contributed by atoms with Crippen molar-refractivity contribution in [2.45, 2.75) is 12.3 Å². The van der Waals surface area contributed by atoms with E-state index in [-0.39, 0.29) is 30.7 Å². The molecule has 3 aromatic rings. The van der Waals surface area contributed by atoms with E-state index >= 15 is 0 Å². The minimum atomic E-state index is 0. The van der Waals surface area contributed by atoms with E-state index in [1.165, 1.54) is 16.9 Å². The van der Waals surface area contributed by atoms with Gasteiger partial charge in [-0.3, -0.25) is 14.8 Å². The summed E-state index contributed by atoms with van der Waals surface area (Å²) < 4.78 is 0. The van der Waals surface area contributed by atoms with Gasteiger partial charge in [-0.1, -0.05) is 30.3 Å². The molecule has 1 amide bonds. The van der Waals surface area contributed by atoms with E-state index in [4.69, 9.17) is 5.73 Å². The predicted molar refractivity (Wildman–Crippen MR) is 120 cm³/mol. The van der Waals surface area contributed by atoms with E-state index in [0.29, 0.717) is 37.9 Å². The van der Waals surface area contributed by atoms with E-state index in [2.05, 4.69) is 27.1 Å². The zero-order chi connectivity index (χ0) is 18.6. The van der Waals surface area contributed by atoms with Crippen molar-refractivity contribution in [3.05, 3.63) is 65.6 Å². The molecule has 4 rings (SSSR count). The summed E-state index contributed by atoms with van der Waals surface area (Å²) in [7, 11) is 0. The van der Waals surface area contributed by atoms with Crippen LogP contribution in [0.25, 0.3) is 10.7 Å². The highest BCUT2D eigenvalue weighted by atomic mass is 35.5. The van der Waals surface area contributed by atoms with Crippen molar-refractivity contribution >= 4 is 42.1 Å². The molecule has 2 aromatic heterocycles. The molecule has 0 aliphatic carbocycles. The Morgan fingerprint density at radius 2 is 1.97 bits per heavy atom. The number of carbonyl (C=O) groups is 1. The molecule has 3 heterocycles. The Kier molecular flexibility index (Phi) is 8.52. The molecule has 29 heavy (non-hydrogen) atoms. The Bertz CT molecular complexity index is 910. The molecule has 9 heteroatoms. The van der Waals surface area contributed by atoms with E-state index in [0.717, 1.165) is 16.4 Å². The van der Waals surface area contributed by atoms with Gasteiger partial charge in [0.1, 0.15) is 10.7 Å². The zero-order valence-corrected chi connectivity index (χ0v) is 18.1. The van der Waals surface area contributed by atoms with E-state index in [1.807, 2.05) is 28.5 Å². The maximum atomic E-state index is 12.8. The smallest absolute Gasteiger partial charge is 0.228 e. The van der Waals surface area contributed by atoms with E-state index < -0.39 is 0 Å². The van der Waals surface area contributed by atoms with Gasteiger partial charge in [-0.15, -0.1) is 36.2 Å². The summed E-state index contributed by atoms with van der Waals surface area (Å²) in [4.78, 5) is 27.6. The normalized spacial score (nSPS) is 18.0. The van der Waals surface area contributed by atoms with Crippen LogP contribution in [0.1, 0.15) is 17.2 Å². The summed E-state index contributed by atoms with van der Waals surface area (Å²) in [5.74, 6) is 0.690. The number of likely N-dealkylation sites (tertiary alicyclic amines) is 1. The SMILES string of the molecule is Cl.Cl.NC[C@@H]1CN(C(=O)Cc2csc(-c3cnccn3)n2)C[C@H]1c1ccccc1. The molecule has 0 bridgehead atoms. The fourth-order valence-electron chi connectivity index (χ4n) is 3.57. The molecule has 1 saturated heterocycles. The van der Waals surface area contributed by atoms with Crippen LogP contribution in [0.2, 0.25) is 0 Å². The molecule has 1 aliphatic heterocycles. The van der Waals surface area contributed by atoms with Crippen molar-refractivity contribution in [2.24, 2.45) is 11.7 Å². The molecular formula is C20H23Cl2N5OS. The van der Waals surface area contributed by atoms with Crippen LogP contribution >= 0.6 is 36.2 Å². The maximum absolute atomic E-state index is 12.8. The topological polar surface area (TPSA) is 85.0 Å². The monoisotopic (exact) mass is 451 g/mol. The van der Waals surface area contributed by atoms with Gasteiger partial charge in [0.05, 0.1) is 18.3 Å². The largest absolute Gasteiger partial charge is 0.341 e. The van der Waals surface area contributed by atoms with Crippen LogP contribution < -0.4 is 5.73 Å². The summed E-state index contributed by atoms with van der Waals surface area (Å²) in [6.07, 6.45) is 5.26. The average molecular weight is 452 g/mol. The van der Waals surface area contributed by atoms with Crippen molar-refractivity contribution in [3.63, 3.8) is 0 Å². The van der Waals surface area contributed by atoms with Crippen LogP contribution in [-0.4, -0.2) is 45.4 Å². The lowest BCUT2D eigenvalue weighted by Crippen LogP contribution is -2.31. The number of aromatic nitrogens is 3. The molecule has 1 fully saturated rings. The fourth-order valence-corrected chi connectivity index (χ4v) is 4.35. The Hall–Kier alpha value is -2.06. The first-order chi connectivity index (χ1) is 13.2. The van der Waals surface area contributed by atoms with Gasteiger partial charge >= 0.3 is 0 Å². The van der Waals surface area contributed by atoms with Crippen LogP contribution in [0.3, 0.4) is 0 Å². The summed E-state index contributed by atoms with van der Waals surface area (Å²) in [6, 6.07) is 10.3. The molecule has 6 nitrogen and oxygen atoms in total. The number of carbonyl (C=O) groups excluding carboxylic acids is 1. The van der Waals surface area contributed by atoms with Crippen LogP contribution in [0.5, 0.6) is 0 Å². The van der Waals surface area contributed by atoms with Crippen LogP contribution in [0, 0.1) is 5.92 Å². The number of thiazole rings is 1. The van der Waals surface area contributed by atoms with Gasteiger partial charge in [-0.25, -0.2) is 4.98 Å². The quantitative estimate of drug-likeness (QED) is 0.643. The Labute approximate surface area is 186 Å². The van der Waals surface area contributed by atoms with Gasteiger partial charge in [-0.2, -0.15) is 0 Å². The Morgan fingerprint density at radius 3 is 2.66 bits per heavy atom. The molecule has 1 aliphatic rings. The summed E-state index contributed by atoms with van der Waals surface area (Å²) in [5, 5.41) is 2.71. The highest BCUT2D eigenvalue weighted by molar-refractivity contribution is 7.13. The van der Waals surface area contributed by atoms with Gasteiger partial charge in [0.15, 0.2) is 0 Å². The maximum Gasteiger partial charge on any atom is 0.228 e. The number of halogens is 2. The molecule has 154 valence electrons. The molecule has 0 saturated carbocycles. The van der Waals surface area contributed by atoms with Crippen LogP contribution in [0.4, 0.5) is 0 Å². The van der Waals surface area contributed by atoms with Crippen molar-refractivity contribution in [1.82, 2.24) is 19.9 Å². The van der Waals surface area contributed by atoms with E-state index in [9.17, 15) is 4.79 Å². The second-order valence-electron chi connectivity index (χ2n) is 6.72. The number of hydrogen-bond acceptors (Lipinski definition) is 6. The highest BCUT2D eigenvalue weighted by Crippen LogP contribution is 2.32. The zero-order valence-electron chi connectivity index (χ0n) is 15.7. The first-order valence-corrected chi connectivity index (χ1v) is 9.86. The second kappa shape index (κ2) is 10.6. The van der Waals surface area contributed by atoms with Gasteiger partial charge < -0.3 is 10.6 Å². The Morgan fingerprint density at radius 1 is 1.17 bits per heavy atom. The average Bonchev–Trinajstić information content (AvgIpc) is 3.36. The molecule has 2 atom stereocenters. The predicted octanol–water partition coefficient (Wildman–Crippen LogP) is 3.19. The number of hydrogen-bond donors (Lipinski definition) is 1. The van der Waals surface area contributed by atoms with E-state index in [1.54, 1.807) is 18.6 Å². The standard InChI is InChI=1S/C20H21N5OS.2ClH/c21-9-15-11-25(12-17(15)14-4-2-1-3-5-14)19(26)8-16-13-27-20(24-16)18-10-22-6-7-23-18;;/h1-7,10,13,15,17H,8-9,11-12,21H2;2*1H/t15-,17+;;/m1../s1. The number of amides is 1. The molecule has 0 radical (unpaired) electrons. The molecule has 2 N–H and O–H groups in total. The third-order valence-corrected chi connectivity index (χ3v) is 5.90. The minimum absolute atomic E-state index is 0. The van der Waals surface area contributed by atoms with Crippen LogP contribution in [0.15, 0.2) is 54.3 Å². The summed E-state index contributed by atoms with van der Waals surface area (Å²) in [5.41, 5.74) is 8.74. The molecular weight excluding hydrogens is 429 g/mol. The third-order valence-electron chi connectivity index (χ3n) is 4.99. The second-order valence-corrected chi connectivity index (χ2v) is 7.58. The fraction of sp³-hybridized carbons (Fsp3) is 0.300.